The topological polar surface area (TPSA) is 35.5 Å². The molecule has 0 atom stereocenters. The van der Waals surface area contributed by atoms with Crippen molar-refractivity contribution in [2.75, 3.05) is 13.2 Å². The molecule has 3 nitrogen and oxygen atoms in total. The highest BCUT2D eigenvalue weighted by atomic mass is 31.2. The number of hydrogen-bond donors (Lipinski definition) is 0. The summed E-state index contributed by atoms with van der Waals surface area (Å²) < 4.78 is 22.5. The Morgan fingerprint density at radius 2 is 1.69 bits per heavy atom. The van der Waals surface area contributed by atoms with E-state index in [1.807, 2.05) is 19.9 Å². The summed E-state index contributed by atoms with van der Waals surface area (Å²) in [6.07, 6.45) is 8.33. The fourth-order valence-corrected chi connectivity index (χ4v) is 3.46. The van der Waals surface area contributed by atoms with E-state index in [9.17, 15) is 4.57 Å². The highest BCUT2D eigenvalue weighted by Crippen LogP contribution is 2.50. The van der Waals surface area contributed by atoms with Crippen molar-refractivity contribution >= 4 is 7.60 Å². The molecule has 0 aromatic rings. The summed E-state index contributed by atoms with van der Waals surface area (Å²) in [7, 11) is -2.97. The highest BCUT2D eigenvalue weighted by Gasteiger charge is 2.20. The van der Waals surface area contributed by atoms with E-state index in [0.717, 1.165) is 0 Å². The van der Waals surface area contributed by atoms with Crippen molar-refractivity contribution in [3.05, 3.63) is 11.9 Å². The van der Waals surface area contributed by atoms with Crippen LogP contribution >= 0.6 is 7.60 Å². The van der Waals surface area contributed by atoms with Gasteiger partial charge >= 0.3 is 7.60 Å². The Morgan fingerprint density at radius 1 is 1.12 bits per heavy atom. The van der Waals surface area contributed by atoms with Crippen molar-refractivity contribution in [2.24, 2.45) is 5.92 Å². The minimum absolute atomic E-state index is 0.423. The van der Waals surface area contributed by atoms with Gasteiger partial charge in [0.1, 0.15) is 0 Å². The lowest BCUT2D eigenvalue weighted by Gasteiger charge is -2.19. The molecule has 0 aliphatic heterocycles. The van der Waals surface area contributed by atoms with Gasteiger partial charge in [0.05, 0.1) is 13.2 Å². The van der Waals surface area contributed by atoms with Crippen LogP contribution in [0.15, 0.2) is 11.9 Å². The Kier molecular flexibility index (Phi) is 6.33. The lowest BCUT2D eigenvalue weighted by Crippen LogP contribution is -2.03. The standard InChI is InChI=1S/C12H23O3P/c1-3-14-16(13,15-4-2)11-10-12-8-6-5-7-9-12/h10-12H,3-9H2,1-2H3/b11-10+. The molecule has 1 fully saturated rings. The molecule has 0 bridgehead atoms. The zero-order valence-corrected chi connectivity index (χ0v) is 11.2. The van der Waals surface area contributed by atoms with Gasteiger partial charge in [-0.2, -0.15) is 0 Å². The first-order valence-electron chi connectivity index (χ1n) is 6.28. The lowest BCUT2D eigenvalue weighted by molar-refractivity contribution is 0.228. The molecule has 0 aromatic carbocycles. The Bertz CT molecular complexity index is 247. The molecule has 0 heterocycles. The summed E-state index contributed by atoms with van der Waals surface area (Å²) in [5.74, 6) is 2.22. The average Bonchev–Trinajstić information content (AvgIpc) is 2.29. The third-order valence-corrected chi connectivity index (χ3v) is 4.58. The van der Waals surface area contributed by atoms with Crippen LogP contribution in [0.4, 0.5) is 0 Å². The second-order valence-corrected chi connectivity index (χ2v) is 6.01. The van der Waals surface area contributed by atoms with Gasteiger partial charge in [-0.05, 0) is 32.6 Å². The molecule has 0 radical (unpaired) electrons. The molecule has 0 N–H and O–H groups in total. The molecule has 0 aromatic heterocycles. The molecule has 0 spiro atoms. The van der Waals surface area contributed by atoms with E-state index in [1.54, 1.807) is 5.82 Å². The maximum absolute atomic E-state index is 12.1. The molecular weight excluding hydrogens is 223 g/mol. The molecule has 1 saturated carbocycles. The molecule has 16 heavy (non-hydrogen) atoms. The SMILES string of the molecule is CCOP(=O)(/C=C/C1CCCCC1)OCC. The first-order chi connectivity index (χ1) is 7.70. The van der Waals surface area contributed by atoms with E-state index in [2.05, 4.69) is 0 Å². The molecule has 0 saturated heterocycles. The second-order valence-electron chi connectivity index (χ2n) is 4.11. The van der Waals surface area contributed by atoms with Gasteiger partial charge < -0.3 is 9.05 Å². The van der Waals surface area contributed by atoms with Gasteiger partial charge in [0.15, 0.2) is 0 Å². The van der Waals surface area contributed by atoms with Crippen LogP contribution in [-0.4, -0.2) is 13.2 Å². The van der Waals surface area contributed by atoms with Crippen molar-refractivity contribution in [3.8, 4) is 0 Å². The van der Waals surface area contributed by atoms with Crippen LogP contribution in [0.25, 0.3) is 0 Å². The van der Waals surface area contributed by atoms with Crippen LogP contribution < -0.4 is 0 Å². The van der Waals surface area contributed by atoms with E-state index >= 15 is 0 Å². The molecule has 1 rings (SSSR count). The Hall–Kier alpha value is -0.110. The Labute approximate surface area is 98.7 Å². The molecular formula is C12H23O3P. The minimum atomic E-state index is -2.97. The largest absolute Gasteiger partial charge is 0.353 e. The van der Waals surface area contributed by atoms with Crippen LogP contribution in [-0.2, 0) is 13.6 Å². The smallest absolute Gasteiger partial charge is 0.306 e. The summed E-state index contributed by atoms with van der Waals surface area (Å²) in [5, 5.41) is 0. The van der Waals surface area contributed by atoms with E-state index in [1.165, 1.54) is 32.1 Å². The average molecular weight is 246 g/mol. The summed E-state index contributed by atoms with van der Waals surface area (Å²) >= 11 is 0. The molecule has 1 aliphatic rings. The predicted molar refractivity (Wildman–Crippen MR) is 66.6 cm³/mol. The van der Waals surface area contributed by atoms with E-state index in [0.29, 0.717) is 19.1 Å². The molecule has 0 unspecified atom stereocenters. The van der Waals surface area contributed by atoms with Gasteiger partial charge in [0.2, 0.25) is 0 Å². The maximum atomic E-state index is 12.1. The van der Waals surface area contributed by atoms with Gasteiger partial charge in [-0.3, -0.25) is 4.57 Å². The van der Waals surface area contributed by atoms with Crippen molar-refractivity contribution < 1.29 is 13.6 Å². The summed E-state index contributed by atoms with van der Waals surface area (Å²) in [6, 6.07) is 0. The summed E-state index contributed by atoms with van der Waals surface area (Å²) in [6.45, 7) is 4.51. The van der Waals surface area contributed by atoms with Crippen molar-refractivity contribution in [1.82, 2.24) is 0 Å². The van der Waals surface area contributed by atoms with Crippen LogP contribution in [0.1, 0.15) is 46.0 Å². The van der Waals surface area contributed by atoms with Crippen LogP contribution in [0, 0.1) is 5.92 Å². The first-order valence-corrected chi connectivity index (χ1v) is 7.89. The molecule has 0 amide bonds. The number of allylic oxidation sites excluding steroid dienone is 1. The third-order valence-electron chi connectivity index (χ3n) is 2.81. The number of hydrogen-bond acceptors (Lipinski definition) is 3. The van der Waals surface area contributed by atoms with E-state index in [-0.39, 0.29) is 0 Å². The van der Waals surface area contributed by atoms with Gasteiger partial charge in [-0.15, -0.1) is 0 Å². The Morgan fingerprint density at radius 3 is 2.19 bits per heavy atom. The van der Waals surface area contributed by atoms with Gasteiger partial charge in [0, 0.05) is 5.82 Å². The predicted octanol–water partition coefficient (Wildman–Crippen LogP) is 4.35. The number of rotatable bonds is 6. The molecule has 94 valence electrons. The molecule has 1 aliphatic carbocycles. The van der Waals surface area contributed by atoms with Crippen LogP contribution in [0.5, 0.6) is 0 Å². The normalized spacial score (nSPS) is 19.4. The fourth-order valence-electron chi connectivity index (χ4n) is 2.04. The second kappa shape index (κ2) is 7.26. The van der Waals surface area contributed by atoms with Crippen molar-refractivity contribution in [1.29, 1.82) is 0 Å². The first kappa shape index (κ1) is 14.0. The fraction of sp³-hybridized carbons (Fsp3) is 0.833. The Balaban J connectivity index is 2.52. The van der Waals surface area contributed by atoms with Crippen molar-refractivity contribution in [2.45, 2.75) is 46.0 Å². The van der Waals surface area contributed by atoms with Gasteiger partial charge in [-0.1, -0.05) is 25.3 Å². The minimum Gasteiger partial charge on any atom is -0.306 e. The summed E-state index contributed by atoms with van der Waals surface area (Å²) in [4.78, 5) is 0. The van der Waals surface area contributed by atoms with Gasteiger partial charge in [-0.25, -0.2) is 0 Å². The van der Waals surface area contributed by atoms with E-state index in [4.69, 9.17) is 9.05 Å². The highest BCUT2D eigenvalue weighted by molar-refractivity contribution is 7.57. The van der Waals surface area contributed by atoms with Gasteiger partial charge in [0.25, 0.3) is 0 Å². The van der Waals surface area contributed by atoms with Crippen LogP contribution in [0.2, 0.25) is 0 Å². The zero-order chi connectivity index (χ0) is 11.9. The molecule has 4 heteroatoms. The summed E-state index contributed by atoms with van der Waals surface area (Å²) in [5.41, 5.74) is 0. The maximum Gasteiger partial charge on any atom is 0.353 e. The third kappa shape index (κ3) is 4.82. The zero-order valence-electron chi connectivity index (χ0n) is 10.4. The lowest BCUT2D eigenvalue weighted by atomic mass is 9.90. The van der Waals surface area contributed by atoms with Crippen LogP contribution in [0.3, 0.4) is 0 Å². The van der Waals surface area contributed by atoms with E-state index < -0.39 is 7.60 Å². The van der Waals surface area contributed by atoms with Crippen molar-refractivity contribution in [3.63, 3.8) is 0 Å². The quantitative estimate of drug-likeness (QED) is 0.654. The monoisotopic (exact) mass is 246 g/mol.